The van der Waals surface area contributed by atoms with Crippen molar-refractivity contribution >= 4 is 28.4 Å². The maximum Gasteiger partial charge on any atom is 0.142 e. The quantitative estimate of drug-likeness (QED) is 0.834. The number of nitrogens with zero attached hydrogens (tertiary/aromatic N) is 2. The molecule has 1 aromatic rings. The molecule has 1 saturated carbocycles. The summed E-state index contributed by atoms with van der Waals surface area (Å²) in [4.78, 5) is 8.05. The Kier molecular flexibility index (Phi) is 3.40. The van der Waals surface area contributed by atoms with Crippen LogP contribution in [0, 0.1) is 3.57 Å². The molecule has 0 saturated heterocycles. The molecule has 0 radical (unpaired) electrons. The van der Waals surface area contributed by atoms with E-state index in [0.717, 1.165) is 35.1 Å². The molecule has 1 aromatic heterocycles. The molecule has 0 atom stereocenters. The molecule has 82 valence electrons. The number of hydrogen-bond donors (Lipinski definition) is 2. The normalized spacial score (nSPS) is 19.1. The monoisotopic (exact) mass is 319 g/mol. The van der Waals surface area contributed by atoms with E-state index in [0.29, 0.717) is 6.54 Å². The highest BCUT2D eigenvalue weighted by Crippen LogP contribution is 2.29. The van der Waals surface area contributed by atoms with Crippen molar-refractivity contribution in [2.24, 2.45) is 0 Å². The highest BCUT2D eigenvalue weighted by molar-refractivity contribution is 14.1. The second-order valence-corrected chi connectivity index (χ2v) is 5.17. The van der Waals surface area contributed by atoms with Crippen molar-refractivity contribution in [2.45, 2.75) is 31.3 Å². The van der Waals surface area contributed by atoms with Crippen molar-refractivity contribution in [1.29, 1.82) is 0 Å². The number of aromatic nitrogens is 2. The first kappa shape index (κ1) is 11.1. The lowest BCUT2D eigenvalue weighted by molar-refractivity contribution is 0.0614. The summed E-state index contributed by atoms with van der Waals surface area (Å²) in [6.45, 7) is 0.583. The van der Waals surface area contributed by atoms with Gasteiger partial charge in [-0.2, -0.15) is 0 Å². The predicted molar refractivity (Wildman–Crippen MR) is 66.7 cm³/mol. The molecule has 0 spiro atoms. The molecule has 1 fully saturated rings. The second kappa shape index (κ2) is 4.61. The zero-order valence-corrected chi connectivity index (χ0v) is 10.6. The average molecular weight is 319 g/mol. The highest BCUT2D eigenvalue weighted by atomic mass is 127. The van der Waals surface area contributed by atoms with E-state index in [1.54, 1.807) is 6.20 Å². The minimum absolute atomic E-state index is 0.534. The molecule has 1 heterocycles. The smallest absolute Gasteiger partial charge is 0.142 e. The van der Waals surface area contributed by atoms with Crippen LogP contribution in [0.25, 0.3) is 0 Å². The van der Waals surface area contributed by atoms with Crippen LogP contribution in [-0.2, 0) is 0 Å². The Morgan fingerprint density at radius 2 is 2.20 bits per heavy atom. The van der Waals surface area contributed by atoms with E-state index < -0.39 is 5.60 Å². The summed E-state index contributed by atoms with van der Waals surface area (Å²) < 4.78 is 0.983. The van der Waals surface area contributed by atoms with Crippen LogP contribution in [-0.4, -0.2) is 27.2 Å². The zero-order valence-electron chi connectivity index (χ0n) is 8.41. The lowest BCUT2D eigenvalue weighted by Crippen LogP contribution is -2.33. The van der Waals surface area contributed by atoms with Gasteiger partial charge in [0.15, 0.2) is 0 Å². The van der Waals surface area contributed by atoms with Crippen molar-refractivity contribution in [3.63, 3.8) is 0 Å². The molecule has 0 bridgehead atoms. The van der Waals surface area contributed by atoms with Crippen molar-refractivity contribution in [3.05, 3.63) is 16.1 Å². The number of aliphatic hydroxyl groups is 1. The van der Waals surface area contributed by atoms with Crippen molar-refractivity contribution in [3.8, 4) is 0 Å². The first-order valence-electron chi connectivity index (χ1n) is 5.11. The van der Waals surface area contributed by atoms with Crippen LogP contribution in [0.15, 0.2) is 12.5 Å². The molecule has 0 amide bonds. The van der Waals surface area contributed by atoms with Gasteiger partial charge in [0.25, 0.3) is 0 Å². The molecule has 4 nitrogen and oxygen atoms in total. The summed E-state index contributed by atoms with van der Waals surface area (Å²) in [6, 6.07) is 0. The molecule has 0 aromatic carbocycles. The van der Waals surface area contributed by atoms with Crippen LogP contribution in [0.3, 0.4) is 0 Å². The van der Waals surface area contributed by atoms with E-state index in [4.69, 9.17) is 0 Å². The summed E-state index contributed by atoms with van der Waals surface area (Å²) >= 11 is 2.18. The third-order valence-corrected chi connectivity index (χ3v) is 3.58. The van der Waals surface area contributed by atoms with Gasteiger partial charge >= 0.3 is 0 Å². The summed E-state index contributed by atoms with van der Waals surface area (Å²) in [5.41, 5.74) is -0.534. The molecule has 1 aliphatic carbocycles. The third-order valence-electron chi connectivity index (χ3n) is 2.79. The molecule has 1 aliphatic rings. The first-order valence-corrected chi connectivity index (χ1v) is 6.19. The lowest BCUT2D eigenvalue weighted by atomic mass is 10.0. The first-order chi connectivity index (χ1) is 7.20. The number of nitrogens with one attached hydrogen (secondary N) is 1. The molecule has 2 N–H and O–H groups in total. The fraction of sp³-hybridized carbons (Fsp3) is 0.600. The van der Waals surface area contributed by atoms with E-state index in [-0.39, 0.29) is 0 Å². The maximum atomic E-state index is 10.1. The van der Waals surface area contributed by atoms with Gasteiger partial charge in [-0.15, -0.1) is 0 Å². The van der Waals surface area contributed by atoms with E-state index in [2.05, 4.69) is 37.9 Å². The highest BCUT2D eigenvalue weighted by Gasteiger charge is 2.30. The number of anilines is 1. The van der Waals surface area contributed by atoms with E-state index in [9.17, 15) is 5.11 Å². The zero-order chi connectivity index (χ0) is 10.7. The van der Waals surface area contributed by atoms with E-state index >= 15 is 0 Å². The van der Waals surface area contributed by atoms with Gasteiger partial charge in [-0.25, -0.2) is 9.97 Å². The minimum atomic E-state index is -0.534. The second-order valence-electron chi connectivity index (χ2n) is 4.00. The van der Waals surface area contributed by atoms with Gasteiger partial charge in [-0.3, -0.25) is 0 Å². The van der Waals surface area contributed by atoms with Crippen molar-refractivity contribution in [1.82, 2.24) is 9.97 Å². The molecular formula is C10H14IN3O. The van der Waals surface area contributed by atoms with Crippen LogP contribution in [0.2, 0.25) is 0 Å². The third kappa shape index (κ3) is 2.78. The van der Waals surface area contributed by atoms with Crippen LogP contribution in [0.4, 0.5) is 5.82 Å². The van der Waals surface area contributed by atoms with Gasteiger partial charge in [0.05, 0.1) is 9.17 Å². The van der Waals surface area contributed by atoms with Gasteiger partial charge < -0.3 is 10.4 Å². The van der Waals surface area contributed by atoms with Gasteiger partial charge in [0, 0.05) is 12.7 Å². The summed E-state index contributed by atoms with van der Waals surface area (Å²) in [5, 5.41) is 13.3. The van der Waals surface area contributed by atoms with Gasteiger partial charge in [-0.1, -0.05) is 12.8 Å². The van der Waals surface area contributed by atoms with Gasteiger partial charge in [0.1, 0.15) is 12.1 Å². The Balaban J connectivity index is 1.95. The maximum absolute atomic E-state index is 10.1. The lowest BCUT2D eigenvalue weighted by Gasteiger charge is -2.22. The van der Waals surface area contributed by atoms with Crippen molar-refractivity contribution in [2.75, 3.05) is 11.9 Å². The van der Waals surface area contributed by atoms with Crippen LogP contribution in [0.1, 0.15) is 25.7 Å². The van der Waals surface area contributed by atoms with Gasteiger partial charge in [-0.05, 0) is 35.4 Å². The number of halogens is 1. The molecule has 5 heteroatoms. The Morgan fingerprint density at radius 1 is 1.47 bits per heavy atom. The standard InChI is InChI=1S/C10H14IN3O/c11-8-5-12-7-14-9(8)13-6-10(15)3-1-2-4-10/h5,7,15H,1-4,6H2,(H,12,13,14). The fourth-order valence-electron chi connectivity index (χ4n) is 1.90. The molecule has 0 unspecified atom stereocenters. The molecular weight excluding hydrogens is 305 g/mol. The van der Waals surface area contributed by atoms with Crippen molar-refractivity contribution < 1.29 is 5.11 Å². The summed E-state index contributed by atoms with van der Waals surface area (Å²) in [6.07, 6.45) is 7.30. The Labute approximate surface area is 103 Å². The Bertz CT molecular complexity index is 339. The molecule has 15 heavy (non-hydrogen) atoms. The summed E-state index contributed by atoms with van der Waals surface area (Å²) in [5.74, 6) is 0.811. The minimum Gasteiger partial charge on any atom is -0.388 e. The fourth-order valence-corrected chi connectivity index (χ4v) is 2.39. The Hall–Kier alpha value is -0.430. The molecule has 0 aliphatic heterocycles. The Morgan fingerprint density at radius 3 is 2.87 bits per heavy atom. The van der Waals surface area contributed by atoms with E-state index in [1.807, 2.05) is 0 Å². The van der Waals surface area contributed by atoms with E-state index in [1.165, 1.54) is 6.33 Å². The van der Waals surface area contributed by atoms with Crippen LogP contribution >= 0.6 is 22.6 Å². The SMILES string of the molecule is OC1(CNc2ncncc2I)CCCC1. The average Bonchev–Trinajstić information content (AvgIpc) is 2.65. The number of rotatable bonds is 3. The largest absolute Gasteiger partial charge is 0.388 e. The topological polar surface area (TPSA) is 58.0 Å². The van der Waals surface area contributed by atoms with Crippen LogP contribution in [0.5, 0.6) is 0 Å². The molecule has 2 rings (SSSR count). The van der Waals surface area contributed by atoms with Gasteiger partial charge in [0.2, 0.25) is 0 Å². The summed E-state index contributed by atoms with van der Waals surface area (Å²) in [7, 11) is 0. The predicted octanol–water partition coefficient (Wildman–Crippen LogP) is 1.80. The van der Waals surface area contributed by atoms with Crippen LogP contribution < -0.4 is 5.32 Å². The number of hydrogen-bond acceptors (Lipinski definition) is 4.